The van der Waals surface area contributed by atoms with Crippen LogP contribution in [0, 0.1) is 34.5 Å². The molecule has 1 saturated carbocycles. The Hall–Kier alpha value is -0.530. The third kappa shape index (κ3) is 4.72. The highest BCUT2D eigenvalue weighted by molar-refractivity contribution is 5.71. The van der Waals surface area contributed by atoms with Crippen LogP contribution < -0.4 is 0 Å². The normalized spacial score (nSPS) is 31.3. The Bertz CT molecular complexity index is 333. The number of hydrogen-bond acceptors (Lipinski definition) is 2. The number of rotatable bonds is 2. The van der Waals surface area contributed by atoms with Crippen LogP contribution >= 0.6 is 0 Å². The smallest absolute Gasteiger partial charge is 0.308 e. The van der Waals surface area contributed by atoms with Crippen LogP contribution in [-0.2, 0) is 9.53 Å². The fourth-order valence-corrected chi connectivity index (χ4v) is 3.64. The molecule has 0 amide bonds. The van der Waals surface area contributed by atoms with Crippen LogP contribution in [0.1, 0.15) is 75.2 Å². The summed E-state index contributed by atoms with van der Waals surface area (Å²) in [6.07, 6.45) is 2.37. The zero-order valence-electron chi connectivity index (χ0n) is 15.6. The molecule has 2 heteroatoms. The summed E-state index contributed by atoms with van der Waals surface area (Å²) < 4.78 is 6.04. The van der Waals surface area contributed by atoms with E-state index < -0.39 is 0 Å². The van der Waals surface area contributed by atoms with Crippen LogP contribution in [0.2, 0.25) is 0 Å². The Morgan fingerprint density at radius 1 is 0.952 bits per heavy atom. The van der Waals surface area contributed by atoms with Crippen molar-refractivity contribution in [3.63, 3.8) is 0 Å². The van der Waals surface area contributed by atoms with Gasteiger partial charge >= 0.3 is 5.97 Å². The molecule has 2 nitrogen and oxygen atoms in total. The van der Waals surface area contributed by atoms with Crippen molar-refractivity contribution in [3.05, 3.63) is 0 Å². The first-order valence-corrected chi connectivity index (χ1v) is 8.54. The summed E-state index contributed by atoms with van der Waals surface area (Å²) in [7, 11) is 0. The van der Waals surface area contributed by atoms with Crippen molar-refractivity contribution in [2.24, 2.45) is 34.5 Å². The molecule has 1 fully saturated rings. The van der Waals surface area contributed by atoms with Gasteiger partial charge in [-0.2, -0.15) is 0 Å². The van der Waals surface area contributed by atoms with Gasteiger partial charge in [-0.05, 0) is 29.6 Å². The van der Waals surface area contributed by atoms with Crippen LogP contribution in [0.3, 0.4) is 0 Å². The minimum atomic E-state index is -0.0504. The molecule has 0 aromatic heterocycles. The summed E-state index contributed by atoms with van der Waals surface area (Å²) in [5.74, 6) is 1.48. The molecule has 0 bridgehead atoms. The molecule has 1 rings (SSSR count). The van der Waals surface area contributed by atoms with Crippen molar-refractivity contribution in [2.45, 2.75) is 81.3 Å². The van der Waals surface area contributed by atoms with E-state index in [0.29, 0.717) is 17.8 Å². The second-order valence-electron chi connectivity index (χ2n) is 9.58. The predicted molar refractivity (Wildman–Crippen MR) is 89.0 cm³/mol. The second kappa shape index (κ2) is 6.30. The van der Waals surface area contributed by atoms with Crippen molar-refractivity contribution in [1.29, 1.82) is 0 Å². The van der Waals surface area contributed by atoms with Gasteiger partial charge in [-0.1, -0.05) is 62.3 Å². The molecule has 0 aliphatic heterocycles. The van der Waals surface area contributed by atoms with Crippen molar-refractivity contribution < 1.29 is 9.53 Å². The highest BCUT2D eigenvalue weighted by atomic mass is 16.5. The minimum absolute atomic E-state index is 0.0435. The van der Waals surface area contributed by atoms with Crippen molar-refractivity contribution in [1.82, 2.24) is 0 Å². The highest BCUT2D eigenvalue weighted by Crippen LogP contribution is 2.49. The lowest BCUT2D eigenvalue weighted by atomic mass is 9.59. The van der Waals surface area contributed by atoms with E-state index in [4.69, 9.17) is 4.74 Å². The molecule has 1 aliphatic carbocycles. The summed E-state index contributed by atoms with van der Waals surface area (Å²) in [5, 5.41) is 0. The Kier molecular flexibility index (Phi) is 5.56. The molecule has 0 aromatic carbocycles. The lowest BCUT2D eigenvalue weighted by Gasteiger charge is -2.50. The summed E-state index contributed by atoms with van der Waals surface area (Å²) in [5.41, 5.74) is 0.334. The van der Waals surface area contributed by atoms with Gasteiger partial charge in [-0.25, -0.2) is 0 Å². The van der Waals surface area contributed by atoms with Crippen LogP contribution in [0.15, 0.2) is 0 Å². The van der Waals surface area contributed by atoms with E-state index in [-0.39, 0.29) is 28.8 Å². The quantitative estimate of drug-likeness (QED) is 0.646. The molecular weight excluding hydrogens is 260 g/mol. The van der Waals surface area contributed by atoms with Gasteiger partial charge in [-0.15, -0.1) is 0 Å². The van der Waals surface area contributed by atoms with Gasteiger partial charge in [0.05, 0.1) is 5.92 Å². The van der Waals surface area contributed by atoms with Crippen LogP contribution in [0.4, 0.5) is 0 Å². The van der Waals surface area contributed by atoms with Crippen LogP contribution in [0.25, 0.3) is 0 Å². The first kappa shape index (κ1) is 18.5. The van der Waals surface area contributed by atoms with Gasteiger partial charge in [0, 0.05) is 11.8 Å². The van der Waals surface area contributed by atoms with Gasteiger partial charge in [0.15, 0.2) is 0 Å². The predicted octanol–water partition coefficient (Wildman–Crippen LogP) is 5.31. The number of hydrogen-bond donors (Lipinski definition) is 0. The second-order valence-corrected chi connectivity index (χ2v) is 9.58. The number of carbonyl (C=O) groups excluding carboxylic acids is 1. The fourth-order valence-electron chi connectivity index (χ4n) is 3.64. The topological polar surface area (TPSA) is 26.3 Å². The summed E-state index contributed by atoms with van der Waals surface area (Å²) in [6, 6.07) is 0. The molecular formula is C19H36O2. The molecule has 1 aliphatic rings. The maximum absolute atomic E-state index is 12.2. The Balaban J connectivity index is 3.12. The molecule has 0 radical (unpaired) electrons. The van der Waals surface area contributed by atoms with Crippen molar-refractivity contribution in [2.75, 3.05) is 0 Å². The first-order chi connectivity index (χ1) is 9.34. The zero-order chi connectivity index (χ0) is 16.6. The average Bonchev–Trinajstić information content (AvgIpc) is 2.27. The molecule has 2 unspecified atom stereocenters. The molecule has 2 atom stereocenters. The van der Waals surface area contributed by atoms with E-state index in [1.54, 1.807) is 0 Å². The standard InChI is InChI=1S/C19H36O2/c1-12(2)17(20)21-16-14(18(4,5)6)10-13(3)11-15(16)19(7,8)9/h12-16H,10-11H2,1-9H3. The molecule has 0 aromatic rings. The van der Waals surface area contributed by atoms with Crippen LogP contribution in [0.5, 0.6) is 0 Å². The lowest BCUT2D eigenvalue weighted by Crippen LogP contribution is -2.49. The number of carbonyl (C=O) groups is 1. The zero-order valence-corrected chi connectivity index (χ0v) is 15.6. The Morgan fingerprint density at radius 3 is 1.62 bits per heavy atom. The molecule has 124 valence electrons. The molecule has 21 heavy (non-hydrogen) atoms. The third-order valence-electron chi connectivity index (χ3n) is 5.05. The Morgan fingerprint density at radius 2 is 1.33 bits per heavy atom. The average molecular weight is 296 g/mol. The van der Waals surface area contributed by atoms with Gasteiger partial charge in [0.2, 0.25) is 0 Å². The van der Waals surface area contributed by atoms with E-state index >= 15 is 0 Å². The fraction of sp³-hybridized carbons (Fsp3) is 0.947. The molecule has 0 N–H and O–H groups in total. The number of esters is 1. The summed E-state index contributed by atoms with van der Waals surface area (Å²) in [6.45, 7) is 19.9. The molecule has 0 heterocycles. The van der Waals surface area contributed by atoms with E-state index in [9.17, 15) is 4.79 Å². The van der Waals surface area contributed by atoms with E-state index in [0.717, 1.165) is 12.8 Å². The first-order valence-electron chi connectivity index (χ1n) is 8.54. The van der Waals surface area contributed by atoms with Gasteiger partial charge in [0.25, 0.3) is 0 Å². The van der Waals surface area contributed by atoms with Gasteiger partial charge in [0.1, 0.15) is 6.10 Å². The maximum Gasteiger partial charge on any atom is 0.308 e. The molecule has 0 saturated heterocycles. The third-order valence-corrected chi connectivity index (χ3v) is 5.05. The van der Waals surface area contributed by atoms with Crippen LogP contribution in [-0.4, -0.2) is 12.1 Å². The Labute approximate surface area is 132 Å². The summed E-state index contributed by atoms with van der Waals surface area (Å²) >= 11 is 0. The maximum atomic E-state index is 12.2. The monoisotopic (exact) mass is 296 g/mol. The van der Waals surface area contributed by atoms with Crippen molar-refractivity contribution in [3.8, 4) is 0 Å². The molecule has 0 spiro atoms. The number of ether oxygens (including phenoxy) is 1. The van der Waals surface area contributed by atoms with E-state index in [2.05, 4.69) is 48.5 Å². The van der Waals surface area contributed by atoms with Gasteiger partial charge < -0.3 is 4.74 Å². The van der Waals surface area contributed by atoms with E-state index in [1.807, 2.05) is 13.8 Å². The summed E-state index contributed by atoms with van der Waals surface area (Å²) in [4.78, 5) is 12.2. The van der Waals surface area contributed by atoms with E-state index in [1.165, 1.54) is 0 Å². The van der Waals surface area contributed by atoms with Gasteiger partial charge in [-0.3, -0.25) is 4.79 Å². The highest BCUT2D eigenvalue weighted by Gasteiger charge is 2.47. The van der Waals surface area contributed by atoms with Crippen molar-refractivity contribution >= 4 is 5.97 Å². The SMILES string of the molecule is CC1CC(C(C)(C)C)C(OC(=O)C(C)C)C(C(C)(C)C)C1. The minimum Gasteiger partial charge on any atom is -0.462 e. The lowest BCUT2D eigenvalue weighted by molar-refractivity contribution is -0.173. The largest absolute Gasteiger partial charge is 0.462 e.